The van der Waals surface area contributed by atoms with E-state index < -0.39 is 0 Å². The van der Waals surface area contributed by atoms with Gasteiger partial charge in [0, 0.05) is 19.6 Å². The van der Waals surface area contributed by atoms with Gasteiger partial charge in [-0.1, -0.05) is 8.64 Å². The Bertz CT molecular complexity index is 196. The van der Waals surface area contributed by atoms with Gasteiger partial charge in [0.1, 0.15) is 0 Å². The standard InChI is InChI=1S/C6H12N2OS4.2Na/c9-4-3-8(6(12)13)2-1-7-5(10)11;;/h9H,1-4H2,(H,12,13)(H2,7,10,11);;/q;2*+1/p-2. The van der Waals surface area contributed by atoms with Gasteiger partial charge < -0.3 is 65.0 Å². The Morgan fingerprint density at radius 2 is 1.73 bits per heavy atom. The summed E-state index contributed by atoms with van der Waals surface area (Å²) < 4.78 is 0.686. The molecule has 0 aromatic heterocycles. The second kappa shape index (κ2) is 14.2. The van der Waals surface area contributed by atoms with E-state index in [9.17, 15) is 0 Å². The third-order valence-corrected chi connectivity index (χ3v) is 2.08. The maximum atomic E-state index is 8.68. The molecule has 0 saturated carbocycles. The summed E-state index contributed by atoms with van der Waals surface area (Å²) in [7, 11) is 0. The van der Waals surface area contributed by atoms with Crippen LogP contribution in [-0.2, 0) is 25.3 Å². The quantitative estimate of drug-likeness (QED) is 0.297. The molecule has 0 aromatic rings. The largest absolute Gasteiger partial charge is 1.00 e. The first kappa shape index (κ1) is 22.4. The molecule has 9 heteroatoms. The van der Waals surface area contributed by atoms with Crippen molar-refractivity contribution in [1.82, 2.24) is 10.2 Å². The molecule has 3 nitrogen and oxygen atoms in total. The van der Waals surface area contributed by atoms with Crippen LogP contribution >= 0.6 is 24.4 Å². The molecule has 0 saturated heterocycles. The first-order valence-corrected chi connectivity index (χ1v) is 5.23. The van der Waals surface area contributed by atoms with E-state index in [4.69, 9.17) is 30.0 Å². The zero-order valence-electron chi connectivity index (χ0n) is 8.86. The fourth-order valence-corrected chi connectivity index (χ4v) is 1.28. The Balaban J connectivity index is -0.000000720. The topological polar surface area (TPSA) is 35.5 Å². The second-order valence-electron chi connectivity index (χ2n) is 2.19. The fourth-order valence-electron chi connectivity index (χ4n) is 0.708. The minimum atomic E-state index is 0. The third kappa shape index (κ3) is 14.1. The molecule has 15 heavy (non-hydrogen) atoms. The number of rotatable bonds is 5. The van der Waals surface area contributed by atoms with Gasteiger partial charge in [-0.25, -0.2) is 0 Å². The molecule has 0 bridgehead atoms. The van der Waals surface area contributed by atoms with Crippen LogP contribution < -0.4 is 64.4 Å². The predicted octanol–water partition coefficient (Wildman–Crippen LogP) is -6.46. The van der Waals surface area contributed by atoms with Crippen LogP contribution in [0.5, 0.6) is 0 Å². The number of aliphatic hydroxyl groups is 1. The molecular formula is C6H10N2Na2OS4. The van der Waals surface area contributed by atoms with E-state index in [1.807, 2.05) is 0 Å². The van der Waals surface area contributed by atoms with Crippen molar-refractivity contribution in [3.05, 3.63) is 0 Å². The molecule has 0 radical (unpaired) electrons. The van der Waals surface area contributed by atoms with E-state index in [1.54, 1.807) is 4.90 Å². The van der Waals surface area contributed by atoms with E-state index in [1.165, 1.54) is 0 Å². The van der Waals surface area contributed by atoms with Gasteiger partial charge >= 0.3 is 59.1 Å². The SMILES string of the molecule is OCCN(CCNC(=S)[S-])C(=S)[S-].[Na+].[Na+]. The zero-order chi connectivity index (χ0) is 10.3. The summed E-state index contributed by atoms with van der Waals surface area (Å²) in [6.45, 7) is 1.70. The Morgan fingerprint density at radius 3 is 2.07 bits per heavy atom. The monoisotopic (exact) mass is 300 g/mol. The summed E-state index contributed by atoms with van der Waals surface area (Å²) in [5.74, 6) is 0. The van der Waals surface area contributed by atoms with Crippen LogP contribution in [0.1, 0.15) is 0 Å². The number of thiocarbonyl (C=S) groups is 2. The average molecular weight is 300 g/mol. The zero-order valence-corrected chi connectivity index (χ0v) is 16.1. The second-order valence-corrected chi connectivity index (χ2v) is 4.30. The third-order valence-electron chi connectivity index (χ3n) is 1.28. The molecule has 0 aliphatic rings. The summed E-state index contributed by atoms with van der Waals surface area (Å²) in [6, 6.07) is 0. The van der Waals surface area contributed by atoms with Gasteiger partial charge in [-0.05, 0) is 0 Å². The van der Waals surface area contributed by atoms with E-state index in [0.717, 1.165) is 0 Å². The maximum absolute atomic E-state index is 8.68. The smallest absolute Gasteiger partial charge is 0.412 e. The maximum Gasteiger partial charge on any atom is 1.00 e. The van der Waals surface area contributed by atoms with Crippen molar-refractivity contribution in [2.24, 2.45) is 0 Å². The molecule has 0 aliphatic heterocycles. The molecule has 0 spiro atoms. The molecule has 0 rings (SSSR count). The minimum absolute atomic E-state index is 0. The van der Waals surface area contributed by atoms with Crippen molar-refractivity contribution in [3.8, 4) is 0 Å². The molecule has 0 amide bonds. The molecular weight excluding hydrogens is 290 g/mol. The van der Waals surface area contributed by atoms with Gasteiger partial charge in [0.2, 0.25) is 0 Å². The first-order chi connectivity index (χ1) is 6.07. The van der Waals surface area contributed by atoms with Crippen LogP contribution in [0.3, 0.4) is 0 Å². The Hall–Kier alpha value is 2.18. The number of nitrogens with zero attached hydrogens (tertiary/aromatic N) is 1. The number of hydrogen-bond donors (Lipinski definition) is 2. The minimum Gasteiger partial charge on any atom is -0.412 e. The number of nitrogens with one attached hydrogen (secondary N) is 1. The van der Waals surface area contributed by atoms with E-state index in [2.05, 4.69) is 30.2 Å². The summed E-state index contributed by atoms with van der Waals surface area (Å²) in [5, 5.41) is 11.5. The first-order valence-electron chi connectivity index (χ1n) is 3.59. The number of aliphatic hydroxyl groups excluding tert-OH is 1. The molecule has 76 valence electrons. The van der Waals surface area contributed by atoms with Crippen molar-refractivity contribution in [2.75, 3.05) is 26.2 Å². The normalized spacial score (nSPS) is 8.07. The van der Waals surface area contributed by atoms with Crippen molar-refractivity contribution in [3.63, 3.8) is 0 Å². The average Bonchev–Trinajstić information content (AvgIpc) is 2.02. The van der Waals surface area contributed by atoms with Crippen LogP contribution in [-0.4, -0.2) is 44.9 Å². The van der Waals surface area contributed by atoms with Crippen LogP contribution in [0.25, 0.3) is 0 Å². The molecule has 0 fully saturated rings. The molecule has 0 unspecified atom stereocenters. The molecule has 0 heterocycles. The van der Waals surface area contributed by atoms with Crippen molar-refractivity contribution in [2.45, 2.75) is 0 Å². The summed E-state index contributed by atoms with van der Waals surface area (Å²) >= 11 is 18.9. The van der Waals surface area contributed by atoms with Gasteiger partial charge in [-0.3, -0.25) is 0 Å². The van der Waals surface area contributed by atoms with Gasteiger partial charge in [0.15, 0.2) is 0 Å². The van der Waals surface area contributed by atoms with E-state index in [-0.39, 0.29) is 65.7 Å². The van der Waals surface area contributed by atoms with Crippen LogP contribution in [0.15, 0.2) is 0 Å². The van der Waals surface area contributed by atoms with Crippen molar-refractivity contribution in [1.29, 1.82) is 0 Å². The Morgan fingerprint density at radius 1 is 1.20 bits per heavy atom. The number of hydrogen-bond acceptors (Lipinski definition) is 5. The van der Waals surface area contributed by atoms with E-state index in [0.29, 0.717) is 28.3 Å². The molecule has 0 atom stereocenters. The van der Waals surface area contributed by atoms with Crippen LogP contribution in [0.4, 0.5) is 0 Å². The predicted molar refractivity (Wildman–Crippen MR) is 66.6 cm³/mol. The fraction of sp³-hybridized carbons (Fsp3) is 0.667. The van der Waals surface area contributed by atoms with Gasteiger partial charge in [-0.2, -0.15) is 0 Å². The van der Waals surface area contributed by atoms with Gasteiger partial charge in [0.05, 0.1) is 6.61 Å². The van der Waals surface area contributed by atoms with Crippen LogP contribution in [0, 0.1) is 0 Å². The summed E-state index contributed by atoms with van der Waals surface area (Å²) in [4.78, 5) is 1.71. The van der Waals surface area contributed by atoms with Crippen LogP contribution in [0.2, 0.25) is 0 Å². The Labute approximate surface area is 157 Å². The summed E-state index contributed by atoms with van der Waals surface area (Å²) in [5.41, 5.74) is 0. The van der Waals surface area contributed by atoms with E-state index >= 15 is 0 Å². The molecule has 0 aromatic carbocycles. The Kier molecular flexibility index (Phi) is 21.2. The van der Waals surface area contributed by atoms with Crippen molar-refractivity contribution >= 4 is 58.3 Å². The van der Waals surface area contributed by atoms with Gasteiger partial charge in [-0.15, -0.1) is 0 Å². The molecule has 0 aliphatic carbocycles. The van der Waals surface area contributed by atoms with Gasteiger partial charge in [0.25, 0.3) is 0 Å². The molecule has 2 N–H and O–H groups in total. The van der Waals surface area contributed by atoms with Crippen molar-refractivity contribution < 1.29 is 64.2 Å². The summed E-state index contributed by atoms with van der Waals surface area (Å²) in [6.07, 6.45) is 0.